The van der Waals surface area contributed by atoms with Crippen LogP contribution in [0, 0.1) is 13.8 Å². The lowest BCUT2D eigenvalue weighted by atomic mass is 9.93. The third kappa shape index (κ3) is 2.72. The molecule has 0 saturated carbocycles. The Bertz CT molecular complexity index is 571. The molecule has 2 aromatic carbocycles. The van der Waals surface area contributed by atoms with Crippen molar-refractivity contribution in [2.45, 2.75) is 39.2 Å². The molecule has 104 valence electrons. The summed E-state index contributed by atoms with van der Waals surface area (Å²) in [6.45, 7) is 5.50. The zero-order valence-electron chi connectivity index (χ0n) is 12.5. The molecule has 1 atom stereocenters. The van der Waals surface area contributed by atoms with Crippen LogP contribution in [0.5, 0.6) is 0 Å². The SMILES string of the molecule is Cc1ccc(N2CCCC[C@H]2c2cccc(C)c2)cc1. The van der Waals surface area contributed by atoms with Gasteiger partial charge in [0.15, 0.2) is 0 Å². The van der Waals surface area contributed by atoms with E-state index in [-0.39, 0.29) is 0 Å². The summed E-state index contributed by atoms with van der Waals surface area (Å²) in [7, 11) is 0. The van der Waals surface area contributed by atoms with Crippen LogP contribution < -0.4 is 4.90 Å². The minimum Gasteiger partial charge on any atom is -0.364 e. The second-order valence-corrected chi connectivity index (χ2v) is 5.95. The van der Waals surface area contributed by atoms with E-state index in [2.05, 4.69) is 67.3 Å². The van der Waals surface area contributed by atoms with Crippen LogP contribution in [0.15, 0.2) is 48.5 Å². The lowest BCUT2D eigenvalue weighted by Crippen LogP contribution is -2.33. The Hall–Kier alpha value is -1.76. The molecule has 1 aliphatic heterocycles. The first-order valence-corrected chi connectivity index (χ1v) is 7.64. The first-order chi connectivity index (χ1) is 9.74. The van der Waals surface area contributed by atoms with Crippen LogP contribution in [0.1, 0.15) is 42.0 Å². The van der Waals surface area contributed by atoms with E-state index in [1.54, 1.807) is 0 Å². The van der Waals surface area contributed by atoms with Gasteiger partial charge >= 0.3 is 0 Å². The summed E-state index contributed by atoms with van der Waals surface area (Å²) < 4.78 is 0. The van der Waals surface area contributed by atoms with E-state index in [9.17, 15) is 0 Å². The van der Waals surface area contributed by atoms with Crippen LogP contribution in [0.4, 0.5) is 5.69 Å². The summed E-state index contributed by atoms with van der Waals surface area (Å²) in [5.41, 5.74) is 5.52. The van der Waals surface area contributed by atoms with Gasteiger partial charge in [0, 0.05) is 12.2 Å². The van der Waals surface area contributed by atoms with E-state index in [4.69, 9.17) is 0 Å². The van der Waals surface area contributed by atoms with Gasteiger partial charge in [0.05, 0.1) is 6.04 Å². The largest absolute Gasteiger partial charge is 0.364 e. The quantitative estimate of drug-likeness (QED) is 0.735. The highest BCUT2D eigenvalue weighted by Crippen LogP contribution is 2.35. The van der Waals surface area contributed by atoms with Crippen molar-refractivity contribution in [3.05, 3.63) is 65.2 Å². The molecule has 3 rings (SSSR count). The van der Waals surface area contributed by atoms with Crippen LogP contribution >= 0.6 is 0 Å². The zero-order chi connectivity index (χ0) is 13.9. The van der Waals surface area contributed by atoms with Crippen molar-refractivity contribution in [3.63, 3.8) is 0 Å². The molecule has 0 spiro atoms. The third-order valence-electron chi connectivity index (χ3n) is 4.30. The minimum absolute atomic E-state index is 0.534. The molecule has 0 unspecified atom stereocenters. The summed E-state index contributed by atoms with van der Waals surface area (Å²) >= 11 is 0. The number of anilines is 1. The van der Waals surface area contributed by atoms with E-state index in [0.29, 0.717) is 6.04 Å². The van der Waals surface area contributed by atoms with E-state index < -0.39 is 0 Å². The van der Waals surface area contributed by atoms with Gasteiger partial charge in [0.25, 0.3) is 0 Å². The average Bonchev–Trinajstić information content (AvgIpc) is 2.48. The van der Waals surface area contributed by atoms with Crippen LogP contribution in [0.2, 0.25) is 0 Å². The second kappa shape index (κ2) is 5.70. The van der Waals surface area contributed by atoms with Gasteiger partial charge in [-0.1, -0.05) is 47.5 Å². The highest BCUT2D eigenvalue weighted by atomic mass is 15.2. The molecule has 1 fully saturated rings. The molecule has 1 heteroatoms. The van der Waals surface area contributed by atoms with Gasteiger partial charge in [-0.25, -0.2) is 0 Å². The third-order valence-corrected chi connectivity index (χ3v) is 4.30. The van der Waals surface area contributed by atoms with Crippen LogP contribution in [0.3, 0.4) is 0 Å². The number of nitrogens with zero attached hydrogens (tertiary/aromatic N) is 1. The maximum atomic E-state index is 2.58. The Morgan fingerprint density at radius 2 is 1.70 bits per heavy atom. The van der Waals surface area contributed by atoms with Crippen LogP contribution in [-0.2, 0) is 0 Å². The molecule has 0 bridgehead atoms. The first-order valence-electron chi connectivity index (χ1n) is 7.64. The van der Waals surface area contributed by atoms with Crippen molar-refractivity contribution in [3.8, 4) is 0 Å². The maximum absolute atomic E-state index is 2.58. The summed E-state index contributed by atoms with van der Waals surface area (Å²) in [4.78, 5) is 2.58. The van der Waals surface area contributed by atoms with Crippen molar-refractivity contribution >= 4 is 5.69 Å². The van der Waals surface area contributed by atoms with E-state index in [1.165, 1.54) is 48.2 Å². The number of hydrogen-bond donors (Lipinski definition) is 0. The smallest absolute Gasteiger partial charge is 0.0542 e. The lowest BCUT2D eigenvalue weighted by molar-refractivity contribution is 0.473. The van der Waals surface area contributed by atoms with Gasteiger partial charge in [0.1, 0.15) is 0 Å². The molecule has 0 aliphatic carbocycles. The molecular formula is C19H23N. The molecule has 1 aliphatic rings. The Kier molecular flexibility index (Phi) is 3.77. The predicted octanol–water partition coefficient (Wildman–Crippen LogP) is 5.04. The summed E-state index contributed by atoms with van der Waals surface area (Å²) in [5.74, 6) is 0. The molecule has 2 aromatic rings. The van der Waals surface area contributed by atoms with Crippen molar-refractivity contribution < 1.29 is 0 Å². The lowest BCUT2D eigenvalue weighted by Gasteiger charge is -2.38. The molecule has 1 heterocycles. The van der Waals surface area contributed by atoms with Crippen molar-refractivity contribution in [2.75, 3.05) is 11.4 Å². The van der Waals surface area contributed by atoms with Gasteiger partial charge in [-0.3, -0.25) is 0 Å². The average molecular weight is 265 g/mol. The molecule has 1 nitrogen and oxygen atoms in total. The first kappa shape index (κ1) is 13.2. The fourth-order valence-electron chi connectivity index (χ4n) is 3.20. The Labute approximate surface area is 122 Å². The Balaban J connectivity index is 1.93. The fourth-order valence-corrected chi connectivity index (χ4v) is 3.20. The predicted molar refractivity (Wildman–Crippen MR) is 86.3 cm³/mol. The molecule has 0 N–H and O–H groups in total. The molecule has 0 aromatic heterocycles. The molecular weight excluding hydrogens is 242 g/mol. The Morgan fingerprint density at radius 1 is 0.900 bits per heavy atom. The fraction of sp³-hybridized carbons (Fsp3) is 0.368. The number of rotatable bonds is 2. The number of benzene rings is 2. The monoisotopic (exact) mass is 265 g/mol. The summed E-state index contributed by atoms with van der Waals surface area (Å²) in [5, 5.41) is 0. The molecule has 0 amide bonds. The standard InChI is InChI=1S/C19H23N/c1-15-9-11-18(12-10-15)20-13-4-3-8-19(20)17-7-5-6-16(2)14-17/h5-7,9-12,14,19H,3-4,8,13H2,1-2H3/t19-/m0/s1. The van der Waals surface area contributed by atoms with E-state index >= 15 is 0 Å². The van der Waals surface area contributed by atoms with Gasteiger partial charge in [-0.05, 0) is 50.8 Å². The van der Waals surface area contributed by atoms with Gasteiger partial charge in [-0.15, -0.1) is 0 Å². The van der Waals surface area contributed by atoms with E-state index in [1.807, 2.05) is 0 Å². The highest BCUT2D eigenvalue weighted by molar-refractivity contribution is 5.50. The topological polar surface area (TPSA) is 3.24 Å². The molecule has 20 heavy (non-hydrogen) atoms. The summed E-state index contributed by atoms with van der Waals surface area (Å²) in [6.07, 6.45) is 3.90. The van der Waals surface area contributed by atoms with Crippen molar-refractivity contribution in [1.82, 2.24) is 0 Å². The number of piperidine rings is 1. The number of hydrogen-bond acceptors (Lipinski definition) is 1. The minimum atomic E-state index is 0.534. The van der Waals surface area contributed by atoms with E-state index in [0.717, 1.165) is 0 Å². The Morgan fingerprint density at radius 3 is 2.45 bits per heavy atom. The molecule has 1 saturated heterocycles. The van der Waals surface area contributed by atoms with Gasteiger partial charge in [0.2, 0.25) is 0 Å². The second-order valence-electron chi connectivity index (χ2n) is 5.95. The zero-order valence-corrected chi connectivity index (χ0v) is 12.5. The maximum Gasteiger partial charge on any atom is 0.0542 e. The molecule has 0 radical (unpaired) electrons. The normalized spacial score (nSPS) is 19.1. The highest BCUT2D eigenvalue weighted by Gasteiger charge is 2.24. The number of aryl methyl sites for hydroxylation is 2. The van der Waals surface area contributed by atoms with Gasteiger partial charge in [-0.2, -0.15) is 0 Å². The van der Waals surface area contributed by atoms with Crippen LogP contribution in [-0.4, -0.2) is 6.54 Å². The van der Waals surface area contributed by atoms with Crippen molar-refractivity contribution in [1.29, 1.82) is 0 Å². The summed E-state index contributed by atoms with van der Waals surface area (Å²) in [6, 6.07) is 18.5. The van der Waals surface area contributed by atoms with Crippen molar-refractivity contribution in [2.24, 2.45) is 0 Å². The van der Waals surface area contributed by atoms with Crippen LogP contribution in [0.25, 0.3) is 0 Å². The van der Waals surface area contributed by atoms with Gasteiger partial charge < -0.3 is 4.90 Å².